The molecular weight excluding hydrogens is 176 g/mol. The first-order valence-corrected chi connectivity index (χ1v) is 3.84. The molecule has 0 N–H and O–H groups in total. The van der Waals surface area contributed by atoms with Crippen molar-refractivity contribution in [1.82, 2.24) is 4.98 Å². The van der Waals surface area contributed by atoms with Crippen LogP contribution in [0.4, 0.5) is 4.39 Å². The van der Waals surface area contributed by atoms with Gasteiger partial charge in [0, 0.05) is 0 Å². The van der Waals surface area contributed by atoms with Crippen LogP contribution in [0.15, 0.2) is 18.2 Å². The molecule has 0 amide bonds. The van der Waals surface area contributed by atoms with E-state index in [0.717, 1.165) is 16.6 Å². The Hall–Kier alpha value is -0.918. The van der Waals surface area contributed by atoms with E-state index in [4.69, 9.17) is 0 Å². The number of alkyl halides is 1. The standard InChI is InChI=1S/C7H6FNO2.Al.H/c8-4-5-2-1-3-6(9-5)7(10)11;;/h1-3H,4H2,(H,10,11);;/q;+1;/p-1. The maximum atomic E-state index is 12.1. The van der Waals surface area contributed by atoms with E-state index in [0.29, 0.717) is 0 Å². The Kier molecular flexibility index (Phi) is 3.21. The molecule has 0 aromatic carbocycles. The molecule has 1 aromatic heterocycles. The van der Waals surface area contributed by atoms with E-state index in [-0.39, 0.29) is 11.4 Å². The first-order valence-electron chi connectivity index (χ1n) is 3.26. The summed E-state index contributed by atoms with van der Waals surface area (Å²) in [6.07, 6.45) is 0. The molecular formula is C7H6AlFNO2. The highest BCUT2D eigenvalue weighted by Crippen LogP contribution is 2.01. The van der Waals surface area contributed by atoms with Gasteiger partial charge in [0.05, 0.1) is 5.69 Å². The quantitative estimate of drug-likeness (QED) is 0.626. The zero-order valence-corrected chi connectivity index (χ0v) is 7.70. The minimum Gasteiger partial charge on any atom is -0.620 e. The van der Waals surface area contributed by atoms with E-state index < -0.39 is 12.6 Å². The summed E-state index contributed by atoms with van der Waals surface area (Å²) in [5.41, 5.74) is 0.376. The van der Waals surface area contributed by atoms with E-state index in [1.54, 1.807) is 6.07 Å². The fourth-order valence-electron chi connectivity index (χ4n) is 0.742. The third kappa shape index (κ3) is 2.03. The molecule has 0 aliphatic carbocycles. The number of carbonyl (C=O) groups excluding carboxylic acids is 1. The lowest BCUT2D eigenvalue weighted by atomic mass is 10.3. The van der Waals surface area contributed by atoms with Gasteiger partial charge in [-0.3, -0.25) is 0 Å². The van der Waals surface area contributed by atoms with Gasteiger partial charge in [-0.05, 0) is 12.1 Å². The summed E-state index contributed by atoms with van der Waals surface area (Å²) in [6.45, 7) is -0.673. The van der Waals surface area contributed by atoms with Gasteiger partial charge in [0.15, 0.2) is 0 Å². The Morgan fingerprint density at radius 3 is 3.00 bits per heavy atom. The summed E-state index contributed by atoms with van der Waals surface area (Å²) >= 11 is 1.07. The zero-order valence-electron chi connectivity index (χ0n) is 6.29. The first-order chi connectivity index (χ1) is 5.77. The molecule has 12 heavy (non-hydrogen) atoms. The number of aromatic nitrogens is 1. The van der Waals surface area contributed by atoms with Crippen molar-refractivity contribution < 1.29 is 13.0 Å². The molecule has 0 bridgehead atoms. The Balaban J connectivity index is 2.93. The molecule has 5 heteroatoms. The van der Waals surface area contributed by atoms with Crippen molar-refractivity contribution in [2.45, 2.75) is 6.67 Å². The van der Waals surface area contributed by atoms with Crippen molar-refractivity contribution in [3.05, 3.63) is 29.6 Å². The summed E-state index contributed by atoms with van der Waals surface area (Å²) < 4.78 is 16.5. The lowest BCUT2D eigenvalue weighted by Gasteiger charge is -2.00. The van der Waals surface area contributed by atoms with Crippen molar-refractivity contribution in [2.75, 3.05) is 0 Å². The number of carbonyl (C=O) groups is 1. The van der Waals surface area contributed by atoms with Gasteiger partial charge < -0.3 is 3.79 Å². The third-order valence-corrected chi connectivity index (χ3v) is 1.55. The highest BCUT2D eigenvalue weighted by molar-refractivity contribution is 6.08. The predicted molar refractivity (Wildman–Crippen MR) is 41.6 cm³/mol. The van der Waals surface area contributed by atoms with Gasteiger partial charge in [-0.1, -0.05) is 6.07 Å². The summed E-state index contributed by atoms with van der Waals surface area (Å²) in [5, 5.41) is 0. The van der Waals surface area contributed by atoms with Gasteiger partial charge in [-0.2, -0.15) is 0 Å². The topological polar surface area (TPSA) is 39.2 Å². The number of nitrogens with zero attached hydrogens (tertiary/aromatic N) is 1. The van der Waals surface area contributed by atoms with E-state index in [1.807, 2.05) is 0 Å². The molecule has 0 saturated carbocycles. The highest BCUT2D eigenvalue weighted by Gasteiger charge is 2.05. The smallest absolute Gasteiger partial charge is 0.497 e. The molecule has 61 valence electrons. The van der Waals surface area contributed by atoms with Crippen LogP contribution >= 0.6 is 0 Å². The fraction of sp³-hybridized carbons (Fsp3) is 0.143. The molecule has 0 saturated heterocycles. The minimum absolute atomic E-state index is 0.139. The highest BCUT2D eigenvalue weighted by atomic mass is 27.1. The Bertz CT molecular complexity index is 292. The average Bonchev–Trinajstić information content (AvgIpc) is 2.17. The van der Waals surface area contributed by atoms with Crippen molar-refractivity contribution >= 4 is 22.6 Å². The van der Waals surface area contributed by atoms with Gasteiger partial charge in [0.1, 0.15) is 12.4 Å². The molecule has 0 unspecified atom stereocenters. The second kappa shape index (κ2) is 4.19. The number of hydrogen-bond donors (Lipinski definition) is 0. The second-order valence-electron chi connectivity index (χ2n) is 2.08. The molecule has 0 spiro atoms. The summed E-state index contributed by atoms with van der Waals surface area (Å²) in [7, 11) is 0. The van der Waals surface area contributed by atoms with E-state index in [1.165, 1.54) is 12.1 Å². The van der Waals surface area contributed by atoms with Crippen molar-refractivity contribution in [2.24, 2.45) is 0 Å². The number of rotatable bonds is 2. The van der Waals surface area contributed by atoms with Crippen LogP contribution in [0.3, 0.4) is 0 Å². The summed E-state index contributed by atoms with van der Waals surface area (Å²) in [6, 6.07) is 4.56. The predicted octanol–water partition coefficient (Wildman–Crippen LogP) is 0.524. The van der Waals surface area contributed by atoms with Crippen LogP contribution in [0.2, 0.25) is 0 Å². The maximum absolute atomic E-state index is 12.1. The van der Waals surface area contributed by atoms with Crippen LogP contribution in [0.5, 0.6) is 0 Å². The van der Waals surface area contributed by atoms with Crippen LogP contribution in [-0.2, 0) is 10.5 Å². The summed E-state index contributed by atoms with van der Waals surface area (Å²) in [5.74, 6) is -0.538. The largest absolute Gasteiger partial charge is 0.620 e. The zero-order chi connectivity index (χ0) is 8.97. The van der Waals surface area contributed by atoms with Crippen LogP contribution in [-0.4, -0.2) is 27.6 Å². The van der Waals surface area contributed by atoms with E-state index >= 15 is 0 Å². The normalized spacial score (nSPS) is 9.42. The van der Waals surface area contributed by atoms with Crippen molar-refractivity contribution in [1.29, 1.82) is 0 Å². The Morgan fingerprint density at radius 1 is 1.67 bits per heavy atom. The van der Waals surface area contributed by atoms with Crippen LogP contribution in [0.1, 0.15) is 16.2 Å². The third-order valence-electron chi connectivity index (χ3n) is 1.28. The molecule has 0 atom stereocenters. The Labute approximate surface area is 77.3 Å². The lowest BCUT2D eigenvalue weighted by Crippen LogP contribution is -2.05. The van der Waals surface area contributed by atoms with Crippen LogP contribution < -0.4 is 0 Å². The lowest BCUT2D eigenvalue weighted by molar-refractivity contribution is 0.0743. The Morgan fingerprint density at radius 2 is 2.42 bits per heavy atom. The average molecular weight is 182 g/mol. The molecule has 1 aromatic rings. The van der Waals surface area contributed by atoms with E-state index in [2.05, 4.69) is 8.77 Å². The summed E-state index contributed by atoms with van der Waals surface area (Å²) in [4.78, 5) is 14.6. The maximum Gasteiger partial charge on any atom is 0.497 e. The fourth-order valence-corrected chi connectivity index (χ4v) is 0.890. The number of pyridine rings is 1. The SMILES string of the molecule is O=C([O][AlH])c1cccc(CF)n1. The van der Waals surface area contributed by atoms with Gasteiger partial charge in [0.25, 0.3) is 0 Å². The molecule has 0 fully saturated rings. The van der Waals surface area contributed by atoms with Crippen LogP contribution in [0, 0.1) is 0 Å². The monoisotopic (exact) mass is 182 g/mol. The first kappa shape index (κ1) is 9.17. The van der Waals surface area contributed by atoms with Gasteiger partial charge in [-0.15, -0.1) is 0 Å². The minimum atomic E-state index is -0.673. The van der Waals surface area contributed by atoms with Gasteiger partial charge >= 0.3 is 22.6 Å². The van der Waals surface area contributed by atoms with Gasteiger partial charge in [-0.25, -0.2) is 14.2 Å². The molecule has 1 heterocycles. The molecule has 0 aliphatic heterocycles. The van der Waals surface area contributed by atoms with Crippen molar-refractivity contribution in [3.8, 4) is 0 Å². The molecule has 1 radical (unpaired) electrons. The number of hydrogen-bond acceptors (Lipinski definition) is 3. The molecule has 3 nitrogen and oxygen atoms in total. The second-order valence-corrected chi connectivity index (χ2v) is 2.37. The van der Waals surface area contributed by atoms with Gasteiger partial charge in [0.2, 0.25) is 0 Å². The molecule has 1 rings (SSSR count). The van der Waals surface area contributed by atoms with Crippen LogP contribution in [0.25, 0.3) is 0 Å². The molecule has 0 aliphatic rings. The van der Waals surface area contributed by atoms with E-state index in [9.17, 15) is 9.18 Å². The number of halogens is 1. The van der Waals surface area contributed by atoms with Crippen molar-refractivity contribution in [3.63, 3.8) is 0 Å².